The van der Waals surface area contributed by atoms with Gasteiger partial charge in [0, 0.05) is 37.8 Å². The van der Waals surface area contributed by atoms with Crippen LogP contribution in [0.15, 0.2) is 24.3 Å². The summed E-state index contributed by atoms with van der Waals surface area (Å²) in [7, 11) is 0. The number of carboxylic acids is 1. The van der Waals surface area contributed by atoms with Crippen LogP contribution in [0, 0.1) is 17.7 Å². The molecule has 3 rings (SSSR count). The average molecular weight is 362 g/mol. The SMILES string of the molecule is O=C(O)CC(CC1CCCC1)C(=O)N1CCN(c2ccc(F)cc2)CC1. The number of amides is 1. The van der Waals surface area contributed by atoms with Crippen molar-refractivity contribution in [2.45, 2.75) is 38.5 Å². The second kappa shape index (κ2) is 8.52. The van der Waals surface area contributed by atoms with Gasteiger partial charge in [-0.3, -0.25) is 9.59 Å². The number of nitrogens with zero attached hydrogens (tertiary/aromatic N) is 2. The van der Waals surface area contributed by atoms with Crippen LogP contribution in [0.4, 0.5) is 10.1 Å². The molecule has 1 unspecified atom stereocenters. The average Bonchev–Trinajstić information content (AvgIpc) is 3.14. The molecule has 0 spiro atoms. The van der Waals surface area contributed by atoms with Crippen molar-refractivity contribution in [3.63, 3.8) is 0 Å². The van der Waals surface area contributed by atoms with Crippen LogP contribution in [-0.4, -0.2) is 48.1 Å². The van der Waals surface area contributed by atoms with Gasteiger partial charge in [-0.2, -0.15) is 0 Å². The summed E-state index contributed by atoms with van der Waals surface area (Å²) in [5.41, 5.74) is 0.951. The van der Waals surface area contributed by atoms with Crippen LogP contribution in [-0.2, 0) is 9.59 Å². The Labute approximate surface area is 153 Å². The van der Waals surface area contributed by atoms with E-state index in [1.54, 1.807) is 12.1 Å². The van der Waals surface area contributed by atoms with Crippen molar-refractivity contribution < 1.29 is 19.1 Å². The standard InChI is InChI=1S/C20H27FN2O3/c21-17-5-7-18(8-6-17)22-9-11-23(12-10-22)20(26)16(14-19(24)25)13-15-3-1-2-4-15/h5-8,15-16H,1-4,9-14H2,(H,24,25). The van der Waals surface area contributed by atoms with E-state index >= 15 is 0 Å². The molecule has 6 heteroatoms. The Morgan fingerprint density at radius 1 is 1.08 bits per heavy atom. The molecule has 0 aromatic heterocycles. The molecule has 1 aliphatic heterocycles. The highest BCUT2D eigenvalue weighted by Crippen LogP contribution is 2.32. The van der Waals surface area contributed by atoms with Gasteiger partial charge in [0.1, 0.15) is 5.82 Å². The normalized spacial score (nSPS) is 19.6. The first kappa shape index (κ1) is 18.7. The molecular formula is C20H27FN2O3. The lowest BCUT2D eigenvalue weighted by Gasteiger charge is -2.37. The van der Waals surface area contributed by atoms with Crippen molar-refractivity contribution in [1.82, 2.24) is 4.90 Å². The number of carbonyl (C=O) groups excluding carboxylic acids is 1. The Morgan fingerprint density at radius 3 is 2.27 bits per heavy atom. The predicted molar refractivity (Wildman–Crippen MR) is 97.5 cm³/mol. The summed E-state index contributed by atoms with van der Waals surface area (Å²) in [5.74, 6) is -1.09. The van der Waals surface area contributed by atoms with Crippen LogP contribution >= 0.6 is 0 Å². The fourth-order valence-corrected chi connectivity index (χ4v) is 4.23. The van der Waals surface area contributed by atoms with Gasteiger partial charge in [0.2, 0.25) is 5.91 Å². The van der Waals surface area contributed by atoms with E-state index < -0.39 is 11.9 Å². The fraction of sp³-hybridized carbons (Fsp3) is 0.600. The molecule has 1 saturated heterocycles. The van der Waals surface area contributed by atoms with Gasteiger partial charge >= 0.3 is 5.97 Å². The van der Waals surface area contributed by atoms with E-state index in [9.17, 15) is 19.1 Å². The lowest BCUT2D eigenvalue weighted by molar-refractivity contribution is -0.145. The lowest BCUT2D eigenvalue weighted by atomic mass is 9.89. The van der Waals surface area contributed by atoms with Crippen molar-refractivity contribution in [2.24, 2.45) is 11.8 Å². The molecule has 1 aromatic carbocycles. The van der Waals surface area contributed by atoms with E-state index in [2.05, 4.69) is 4.90 Å². The van der Waals surface area contributed by atoms with Crippen molar-refractivity contribution in [3.8, 4) is 0 Å². The lowest BCUT2D eigenvalue weighted by Crippen LogP contribution is -2.50. The third-order valence-electron chi connectivity index (χ3n) is 5.65. The van der Waals surface area contributed by atoms with Crippen LogP contribution in [0.2, 0.25) is 0 Å². The third kappa shape index (κ3) is 4.74. The van der Waals surface area contributed by atoms with E-state index in [-0.39, 0.29) is 18.1 Å². The number of rotatable bonds is 6. The van der Waals surface area contributed by atoms with E-state index in [0.29, 0.717) is 38.5 Å². The molecule has 5 nitrogen and oxygen atoms in total. The van der Waals surface area contributed by atoms with Crippen LogP contribution in [0.5, 0.6) is 0 Å². The summed E-state index contributed by atoms with van der Waals surface area (Å²) in [6, 6.07) is 6.38. The van der Waals surface area contributed by atoms with Gasteiger partial charge < -0.3 is 14.9 Å². The van der Waals surface area contributed by atoms with E-state index in [1.807, 2.05) is 4.90 Å². The minimum Gasteiger partial charge on any atom is -0.481 e. The Kier molecular flexibility index (Phi) is 6.12. The summed E-state index contributed by atoms with van der Waals surface area (Å²) in [6.45, 7) is 2.52. The third-order valence-corrected chi connectivity index (χ3v) is 5.65. The molecule has 1 saturated carbocycles. The number of hydrogen-bond donors (Lipinski definition) is 1. The molecule has 1 heterocycles. The molecule has 1 aliphatic carbocycles. The van der Waals surface area contributed by atoms with Crippen molar-refractivity contribution >= 4 is 17.6 Å². The molecule has 2 aliphatic rings. The molecule has 0 bridgehead atoms. The minimum absolute atomic E-state index is 0.0157. The number of benzene rings is 1. The number of piperazine rings is 1. The smallest absolute Gasteiger partial charge is 0.304 e. The van der Waals surface area contributed by atoms with Crippen LogP contribution in [0.1, 0.15) is 38.5 Å². The Balaban J connectivity index is 1.57. The highest BCUT2D eigenvalue weighted by atomic mass is 19.1. The zero-order valence-electron chi connectivity index (χ0n) is 15.1. The Hall–Kier alpha value is -2.11. The summed E-state index contributed by atoms with van der Waals surface area (Å²) in [6.07, 6.45) is 5.23. The summed E-state index contributed by atoms with van der Waals surface area (Å²) < 4.78 is 13.1. The van der Waals surface area contributed by atoms with Crippen LogP contribution in [0.3, 0.4) is 0 Å². The Morgan fingerprint density at radius 2 is 1.69 bits per heavy atom. The second-order valence-electron chi connectivity index (χ2n) is 7.47. The molecule has 1 N–H and O–H groups in total. The first-order valence-corrected chi connectivity index (χ1v) is 9.54. The van der Waals surface area contributed by atoms with E-state index in [4.69, 9.17) is 0 Å². The number of anilines is 1. The number of carboxylic acid groups (broad SMARTS) is 1. The molecule has 2 fully saturated rings. The number of carbonyl (C=O) groups is 2. The number of halogens is 1. The van der Waals surface area contributed by atoms with Gasteiger partial charge in [-0.25, -0.2) is 4.39 Å². The minimum atomic E-state index is -0.897. The predicted octanol–water partition coefficient (Wildman–Crippen LogP) is 3.15. The molecule has 1 amide bonds. The maximum absolute atomic E-state index is 13.1. The van der Waals surface area contributed by atoms with Gasteiger partial charge in [0.15, 0.2) is 0 Å². The van der Waals surface area contributed by atoms with Gasteiger partial charge in [-0.05, 0) is 36.6 Å². The van der Waals surface area contributed by atoms with Crippen molar-refractivity contribution in [1.29, 1.82) is 0 Å². The van der Waals surface area contributed by atoms with Gasteiger partial charge in [-0.15, -0.1) is 0 Å². The first-order valence-electron chi connectivity index (χ1n) is 9.54. The molecule has 26 heavy (non-hydrogen) atoms. The molecular weight excluding hydrogens is 335 g/mol. The highest BCUT2D eigenvalue weighted by molar-refractivity contribution is 5.83. The Bertz CT molecular complexity index is 620. The second-order valence-corrected chi connectivity index (χ2v) is 7.47. The maximum atomic E-state index is 13.1. The van der Waals surface area contributed by atoms with Gasteiger partial charge in [-0.1, -0.05) is 25.7 Å². The zero-order chi connectivity index (χ0) is 18.5. The summed E-state index contributed by atoms with van der Waals surface area (Å²) in [5, 5.41) is 9.21. The van der Waals surface area contributed by atoms with Crippen LogP contribution in [0.25, 0.3) is 0 Å². The van der Waals surface area contributed by atoms with Crippen molar-refractivity contribution in [2.75, 3.05) is 31.1 Å². The molecule has 0 radical (unpaired) electrons. The van der Waals surface area contributed by atoms with E-state index in [1.165, 1.54) is 25.0 Å². The number of hydrogen-bond acceptors (Lipinski definition) is 3. The maximum Gasteiger partial charge on any atom is 0.304 e. The topological polar surface area (TPSA) is 60.9 Å². The molecule has 1 aromatic rings. The monoisotopic (exact) mass is 362 g/mol. The highest BCUT2D eigenvalue weighted by Gasteiger charge is 2.31. The van der Waals surface area contributed by atoms with Crippen LogP contribution < -0.4 is 4.90 Å². The molecule has 142 valence electrons. The zero-order valence-corrected chi connectivity index (χ0v) is 15.1. The number of aliphatic carboxylic acids is 1. The van der Waals surface area contributed by atoms with Gasteiger partial charge in [0.25, 0.3) is 0 Å². The first-order chi connectivity index (χ1) is 12.5. The largest absolute Gasteiger partial charge is 0.481 e. The fourth-order valence-electron chi connectivity index (χ4n) is 4.23. The van der Waals surface area contributed by atoms with E-state index in [0.717, 1.165) is 18.5 Å². The summed E-state index contributed by atoms with van der Waals surface area (Å²) >= 11 is 0. The molecule has 1 atom stereocenters. The summed E-state index contributed by atoms with van der Waals surface area (Å²) in [4.78, 5) is 28.1. The quantitative estimate of drug-likeness (QED) is 0.845. The van der Waals surface area contributed by atoms with Crippen molar-refractivity contribution in [3.05, 3.63) is 30.1 Å². The van der Waals surface area contributed by atoms with Gasteiger partial charge in [0.05, 0.1) is 6.42 Å².